The minimum Gasteiger partial charge on any atom is -0.480 e. The van der Waals surface area contributed by atoms with Gasteiger partial charge in [-0.05, 0) is 37.1 Å². The molecule has 5 nitrogen and oxygen atoms in total. The Hall–Kier alpha value is -2.21. The Morgan fingerprint density at radius 2 is 2.08 bits per heavy atom. The molecule has 1 aromatic heterocycles. The maximum atomic E-state index is 13.2. The molecule has 25 heavy (non-hydrogen) atoms. The maximum Gasteiger partial charge on any atom is 0.323 e. The third-order valence-corrected chi connectivity index (χ3v) is 6.23. The van der Waals surface area contributed by atoms with E-state index in [2.05, 4.69) is 0 Å². The second kappa shape index (κ2) is 6.96. The van der Waals surface area contributed by atoms with Gasteiger partial charge < -0.3 is 9.67 Å². The van der Waals surface area contributed by atoms with Crippen molar-refractivity contribution in [1.29, 1.82) is 0 Å². The fourth-order valence-corrected chi connectivity index (χ4v) is 4.65. The third-order valence-electron chi connectivity index (χ3n) is 4.79. The number of carbonyl (C=O) groups excluding carboxylic acids is 1. The van der Waals surface area contributed by atoms with Crippen molar-refractivity contribution in [3.63, 3.8) is 0 Å². The molecule has 0 radical (unpaired) electrons. The van der Waals surface area contributed by atoms with Gasteiger partial charge in [-0.1, -0.05) is 25.5 Å². The molecule has 1 aliphatic heterocycles. The van der Waals surface area contributed by atoms with Crippen molar-refractivity contribution >= 4 is 22.6 Å². The molecular formula is C19H21NO4S. The second-order valence-corrected chi connectivity index (χ2v) is 7.88. The Labute approximate surface area is 149 Å². The molecule has 3 rings (SSSR count). The topological polar surface area (TPSA) is 76.4 Å². The Morgan fingerprint density at radius 1 is 1.28 bits per heavy atom. The summed E-state index contributed by atoms with van der Waals surface area (Å²) in [6.45, 7) is 2.53. The summed E-state index contributed by atoms with van der Waals surface area (Å²) in [5.74, 6) is -1.03. The first-order valence-electron chi connectivity index (χ1n) is 8.43. The number of carbonyl (C=O) groups is 2. The third kappa shape index (κ3) is 2.95. The first-order chi connectivity index (χ1) is 12.0. The first-order valence-corrected chi connectivity index (χ1v) is 9.75. The average molecular weight is 359 g/mol. The number of carboxylic acids is 1. The Bertz CT molecular complexity index is 841. The molecule has 1 aromatic carbocycles. The van der Waals surface area contributed by atoms with Crippen LogP contribution >= 0.6 is 0 Å². The zero-order chi connectivity index (χ0) is 18.0. The van der Waals surface area contributed by atoms with Crippen molar-refractivity contribution in [2.24, 2.45) is 0 Å². The Morgan fingerprint density at radius 3 is 2.80 bits per heavy atom. The summed E-state index contributed by atoms with van der Waals surface area (Å²) < 4.78 is 14.2. The largest absolute Gasteiger partial charge is 0.480 e. The summed E-state index contributed by atoms with van der Waals surface area (Å²) >= 11 is 0. The lowest BCUT2D eigenvalue weighted by atomic mass is 9.76. The van der Waals surface area contributed by atoms with E-state index in [1.165, 1.54) is 0 Å². The molecule has 0 saturated heterocycles. The van der Waals surface area contributed by atoms with Crippen molar-refractivity contribution in [3.05, 3.63) is 53.9 Å². The normalized spacial score (nSPS) is 20.2. The van der Waals surface area contributed by atoms with Crippen molar-refractivity contribution < 1.29 is 18.9 Å². The molecule has 0 spiro atoms. The van der Waals surface area contributed by atoms with Crippen LogP contribution in [0, 0.1) is 0 Å². The number of fused-ring (bicyclic) bond motifs is 1. The number of Topliss-reactive ketones (excluding diaryl/α,β-unsaturated/α-hetero) is 1. The van der Waals surface area contributed by atoms with Gasteiger partial charge in [0.05, 0.1) is 10.8 Å². The maximum absolute atomic E-state index is 13.2. The summed E-state index contributed by atoms with van der Waals surface area (Å²) in [7, 11) is -1.18. The van der Waals surface area contributed by atoms with Crippen molar-refractivity contribution in [1.82, 2.24) is 4.57 Å². The molecule has 0 amide bonds. The minimum atomic E-state index is -1.56. The number of aromatic nitrogens is 1. The first kappa shape index (κ1) is 17.6. The standard InChI is InChI=1S/C19H21NO4S/c1-2-3-12-25(24)15-7-4-6-14(13-15)17(21)19(18(22)23)9-11-20-10-5-8-16(19)20/h4-8,10,13H,2-3,9,11-12H2,1H3,(H,22,23). The number of unbranched alkanes of at least 4 members (excludes halogenated alkanes) is 1. The highest BCUT2D eigenvalue weighted by Crippen LogP contribution is 2.38. The highest BCUT2D eigenvalue weighted by molar-refractivity contribution is 7.85. The molecule has 1 N–H and O–H groups in total. The van der Waals surface area contributed by atoms with Crippen molar-refractivity contribution in [2.75, 3.05) is 5.75 Å². The van der Waals surface area contributed by atoms with E-state index in [1.807, 2.05) is 11.5 Å². The van der Waals surface area contributed by atoms with Crippen LogP contribution in [0.3, 0.4) is 0 Å². The molecule has 0 bridgehead atoms. The van der Waals surface area contributed by atoms with E-state index in [4.69, 9.17) is 0 Å². The predicted molar refractivity (Wildman–Crippen MR) is 95.3 cm³/mol. The van der Waals surface area contributed by atoms with Gasteiger partial charge in [-0.3, -0.25) is 13.8 Å². The Balaban J connectivity index is 1.98. The van der Waals surface area contributed by atoms with Crippen LogP contribution in [0.4, 0.5) is 0 Å². The number of rotatable bonds is 7. The molecule has 0 fully saturated rings. The van der Waals surface area contributed by atoms with Gasteiger partial charge in [0.1, 0.15) is 0 Å². The van der Waals surface area contributed by atoms with Gasteiger partial charge in [0, 0.05) is 34.6 Å². The van der Waals surface area contributed by atoms with Crippen LogP contribution in [0.15, 0.2) is 47.5 Å². The van der Waals surface area contributed by atoms with E-state index in [0.717, 1.165) is 12.8 Å². The van der Waals surface area contributed by atoms with Crippen molar-refractivity contribution in [2.45, 2.75) is 43.0 Å². The Kier molecular flexibility index (Phi) is 4.90. The number of hydrogen-bond donors (Lipinski definition) is 1. The lowest BCUT2D eigenvalue weighted by molar-refractivity contribution is -0.141. The minimum absolute atomic E-state index is 0.237. The lowest BCUT2D eigenvalue weighted by Crippen LogP contribution is -2.42. The van der Waals surface area contributed by atoms with Gasteiger partial charge in [0.2, 0.25) is 0 Å². The van der Waals surface area contributed by atoms with E-state index in [9.17, 15) is 18.9 Å². The highest BCUT2D eigenvalue weighted by atomic mass is 32.2. The van der Waals surface area contributed by atoms with Gasteiger partial charge in [-0.2, -0.15) is 0 Å². The summed E-state index contributed by atoms with van der Waals surface area (Å²) in [5.41, 5.74) is -0.741. The van der Waals surface area contributed by atoms with E-state index >= 15 is 0 Å². The number of aryl methyl sites for hydroxylation is 1. The summed E-state index contributed by atoms with van der Waals surface area (Å²) in [6.07, 6.45) is 3.82. The van der Waals surface area contributed by atoms with Crippen LogP contribution in [0.25, 0.3) is 0 Å². The van der Waals surface area contributed by atoms with Gasteiger partial charge in [0.25, 0.3) is 0 Å². The summed E-state index contributed by atoms with van der Waals surface area (Å²) in [5, 5.41) is 9.86. The van der Waals surface area contributed by atoms with Crippen molar-refractivity contribution in [3.8, 4) is 0 Å². The zero-order valence-corrected chi connectivity index (χ0v) is 14.9. The molecule has 0 aliphatic carbocycles. The zero-order valence-electron chi connectivity index (χ0n) is 14.1. The average Bonchev–Trinajstić information content (AvgIpc) is 3.21. The summed E-state index contributed by atoms with van der Waals surface area (Å²) in [6, 6.07) is 10.1. The SMILES string of the molecule is CCCCS(=O)c1cccc(C(=O)C2(C(=O)O)CCn3cccc32)c1. The molecule has 2 aromatic rings. The van der Waals surface area contributed by atoms with Crippen LogP contribution in [-0.2, 0) is 27.6 Å². The van der Waals surface area contributed by atoms with Gasteiger partial charge >= 0.3 is 5.97 Å². The molecule has 132 valence electrons. The second-order valence-electron chi connectivity index (χ2n) is 6.31. The van der Waals surface area contributed by atoms with Crippen LogP contribution in [0.1, 0.15) is 42.2 Å². The number of benzene rings is 1. The van der Waals surface area contributed by atoms with Gasteiger partial charge in [-0.25, -0.2) is 0 Å². The highest BCUT2D eigenvalue weighted by Gasteiger charge is 2.52. The number of carboxylic acid groups (broad SMARTS) is 1. The summed E-state index contributed by atoms with van der Waals surface area (Å²) in [4.78, 5) is 25.8. The van der Waals surface area contributed by atoms with Gasteiger partial charge in [-0.15, -0.1) is 0 Å². The predicted octanol–water partition coefficient (Wildman–Crippen LogP) is 3.00. The van der Waals surface area contributed by atoms with E-state index in [1.54, 1.807) is 42.6 Å². The van der Waals surface area contributed by atoms with Crippen LogP contribution < -0.4 is 0 Å². The van der Waals surface area contributed by atoms with E-state index in [-0.39, 0.29) is 6.42 Å². The number of aliphatic carboxylic acids is 1. The molecule has 1 aliphatic rings. The smallest absolute Gasteiger partial charge is 0.323 e. The molecule has 2 unspecified atom stereocenters. The number of ketones is 1. The fraction of sp³-hybridized carbons (Fsp3) is 0.368. The van der Waals surface area contributed by atoms with E-state index < -0.39 is 28.0 Å². The van der Waals surface area contributed by atoms with Crippen LogP contribution in [0.5, 0.6) is 0 Å². The van der Waals surface area contributed by atoms with Gasteiger partial charge in [0.15, 0.2) is 11.2 Å². The lowest BCUT2D eigenvalue weighted by Gasteiger charge is -2.22. The quantitative estimate of drug-likeness (QED) is 0.609. The number of nitrogens with zero attached hydrogens (tertiary/aromatic N) is 1. The molecule has 2 atom stereocenters. The molecular weight excluding hydrogens is 338 g/mol. The molecule has 0 saturated carbocycles. The number of hydrogen-bond acceptors (Lipinski definition) is 3. The molecule has 2 heterocycles. The monoisotopic (exact) mass is 359 g/mol. The van der Waals surface area contributed by atoms with E-state index in [0.29, 0.717) is 28.5 Å². The molecule has 6 heteroatoms. The fourth-order valence-electron chi connectivity index (χ4n) is 3.37. The van der Waals surface area contributed by atoms with Crippen LogP contribution in [-0.4, -0.2) is 31.4 Å². The van der Waals surface area contributed by atoms with Crippen LogP contribution in [0.2, 0.25) is 0 Å².